The third kappa shape index (κ3) is 4.53. The van der Waals surface area contributed by atoms with Gasteiger partial charge in [0.1, 0.15) is 15.6 Å². The van der Waals surface area contributed by atoms with E-state index in [1.165, 1.54) is 18.3 Å². The van der Waals surface area contributed by atoms with Crippen LogP contribution < -0.4 is 5.32 Å². The fourth-order valence-corrected chi connectivity index (χ4v) is 3.39. The number of thiazole rings is 1. The summed E-state index contributed by atoms with van der Waals surface area (Å²) >= 11 is 7.19. The van der Waals surface area contributed by atoms with Gasteiger partial charge in [0.2, 0.25) is 0 Å². The smallest absolute Gasteiger partial charge is 0.351 e. The van der Waals surface area contributed by atoms with E-state index < -0.39 is 18.0 Å². The highest BCUT2D eigenvalue weighted by atomic mass is 35.5. The normalized spacial score (nSPS) is 11.9. The Kier molecular flexibility index (Phi) is 5.57. The number of hydrogen-bond donors (Lipinski definition) is 1. The number of nitrogens with zero attached hydrogens (tertiary/aromatic N) is 2. The van der Waals surface area contributed by atoms with Crippen LogP contribution in [0.4, 0.5) is 5.82 Å². The molecule has 3 rings (SSSR count). The summed E-state index contributed by atoms with van der Waals surface area (Å²) in [5.74, 6) is -0.299. The van der Waals surface area contributed by atoms with Crippen molar-refractivity contribution in [2.45, 2.75) is 26.9 Å². The van der Waals surface area contributed by atoms with Crippen LogP contribution in [0.25, 0.3) is 10.6 Å². The van der Waals surface area contributed by atoms with Gasteiger partial charge in [-0.3, -0.25) is 4.79 Å². The van der Waals surface area contributed by atoms with Crippen molar-refractivity contribution >= 4 is 40.6 Å². The Balaban J connectivity index is 1.69. The summed E-state index contributed by atoms with van der Waals surface area (Å²) in [4.78, 5) is 29.3. The summed E-state index contributed by atoms with van der Waals surface area (Å²) in [6, 6.07) is 8.76. The van der Waals surface area contributed by atoms with Gasteiger partial charge < -0.3 is 14.6 Å². The first kappa shape index (κ1) is 19.1. The summed E-state index contributed by atoms with van der Waals surface area (Å²) < 4.78 is 10.1. The summed E-state index contributed by atoms with van der Waals surface area (Å²) in [6.07, 6.45) is -1.01. The molecular weight excluding hydrogens is 390 g/mol. The number of aromatic nitrogens is 2. The zero-order valence-corrected chi connectivity index (χ0v) is 16.4. The van der Waals surface area contributed by atoms with Crippen molar-refractivity contribution < 1.29 is 18.8 Å². The average molecular weight is 406 g/mol. The number of esters is 1. The molecule has 1 aromatic carbocycles. The van der Waals surface area contributed by atoms with Gasteiger partial charge in [-0.15, -0.1) is 11.3 Å². The molecule has 0 aliphatic carbocycles. The van der Waals surface area contributed by atoms with Gasteiger partial charge in [-0.25, -0.2) is 9.78 Å². The van der Waals surface area contributed by atoms with Gasteiger partial charge in [-0.2, -0.15) is 0 Å². The van der Waals surface area contributed by atoms with Crippen LogP contribution in [0.5, 0.6) is 0 Å². The molecule has 27 heavy (non-hydrogen) atoms. The number of rotatable bonds is 5. The monoisotopic (exact) mass is 405 g/mol. The van der Waals surface area contributed by atoms with Crippen LogP contribution in [0.2, 0.25) is 5.02 Å². The molecule has 3 aromatic rings. The maximum absolute atomic E-state index is 12.5. The van der Waals surface area contributed by atoms with Gasteiger partial charge in [0.25, 0.3) is 5.91 Å². The third-order valence-corrected chi connectivity index (χ3v) is 5.01. The number of halogens is 1. The second kappa shape index (κ2) is 7.89. The molecule has 7 nitrogen and oxygen atoms in total. The maximum atomic E-state index is 12.5. The van der Waals surface area contributed by atoms with E-state index in [0.29, 0.717) is 26.4 Å². The number of carbonyl (C=O) groups is 2. The number of carbonyl (C=O) groups excluding carboxylic acids is 2. The number of aryl methyl sites for hydroxylation is 2. The second-order valence-corrected chi connectivity index (χ2v) is 7.24. The SMILES string of the molecule is Cc1cc(NC(=O)C(C)OC(=O)c2sc(-c3cccc(Cl)c3)nc2C)no1. The van der Waals surface area contributed by atoms with Gasteiger partial charge in [0.15, 0.2) is 11.9 Å². The second-order valence-electron chi connectivity index (χ2n) is 5.80. The quantitative estimate of drug-likeness (QED) is 0.637. The fraction of sp³-hybridized carbons (Fsp3) is 0.222. The van der Waals surface area contributed by atoms with Crippen LogP contribution in [-0.4, -0.2) is 28.1 Å². The summed E-state index contributed by atoms with van der Waals surface area (Å²) in [5, 5.41) is 7.42. The first-order chi connectivity index (χ1) is 12.8. The molecule has 0 saturated heterocycles. The number of benzene rings is 1. The highest BCUT2D eigenvalue weighted by Crippen LogP contribution is 2.30. The molecule has 0 bridgehead atoms. The van der Waals surface area contributed by atoms with Crippen LogP contribution in [0, 0.1) is 13.8 Å². The first-order valence-electron chi connectivity index (χ1n) is 8.02. The Morgan fingerprint density at radius 2 is 2.07 bits per heavy atom. The van der Waals surface area contributed by atoms with Crippen LogP contribution in [0.15, 0.2) is 34.9 Å². The molecule has 2 heterocycles. The third-order valence-electron chi connectivity index (χ3n) is 3.59. The standard InChI is InChI=1S/C18H16ClN3O4S/c1-9-7-14(22-26-9)21-16(23)11(3)25-18(24)15-10(2)20-17(27-15)12-5-4-6-13(19)8-12/h4-8,11H,1-3H3,(H,21,22,23). The predicted molar refractivity (Wildman–Crippen MR) is 102 cm³/mol. The minimum Gasteiger partial charge on any atom is -0.448 e. The Bertz CT molecular complexity index is 998. The van der Waals surface area contributed by atoms with Gasteiger partial charge in [-0.05, 0) is 32.9 Å². The van der Waals surface area contributed by atoms with Gasteiger partial charge in [0, 0.05) is 16.7 Å². The molecule has 1 atom stereocenters. The van der Waals surface area contributed by atoms with E-state index in [9.17, 15) is 9.59 Å². The predicted octanol–water partition coefficient (Wildman–Crippen LogP) is 4.25. The number of anilines is 1. The molecule has 9 heteroatoms. The lowest BCUT2D eigenvalue weighted by molar-refractivity contribution is -0.123. The van der Waals surface area contributed by atoms with E-state index in [2.05, 4.69) is 15.5 Å². The molecule has 1 N–H and O–H groups in total. The van der Waals surface area contributed by atoms with Gasteiger partial charge in [0.05, 0.1) is 5.69 Å². The zero-order chi connectivity index (χ0) is 19.6. The molecular formula is C18H16ClN3O4S. The van der Waals surface area contributed by atoms with Crippen LogP contribution in [0.3, 0.4) is 0 Å². The van der Waals surface area contributed by atoms with Crippen LogP contribution in [-0.2, 0) is 9.53 Å². The van der Waals surface area contributed by atoms with Crippen molar-refractivity contribution in [3.63, 3.8) is 0 Å². The number of hydrogen-bond acceptors (Lipinski definition) is 7. The van der Waals surface area contributed by atoms with E-state index in [-0.39, 0.29) is 5.82 Å². The molecule has 1 amide bonds. The summed E-state index contributed by atoms with van der Waals surface area (Å²) in [6.45, 7) is 4.90. The number of amides is 1. The van der Waals surface area contributed by atoms with Crippen molar-refractivity contribution in [3.8, 4) is 10.6 Å². The van der Waals surface area contributed by atoms with Crippen molar-refractivity contribution in [2.75, 3.05) is 5.32 Å². The van der Waals surface area contributed by atoms with Gasteiger partial charge in [-0.1, -0.05) is 28.9 Å². The van der Waals surface area contributed by atoms with Crippen molar-refractivity contribution in [1.82, 2.24) is 10.1 Å². The number of ether oxygens (including phenoxy) is 1. The van der Waals surface area contributed by atoms with E-state index in [1.54, 1.807) is 32.0 Å². The Labute approximate surface area is 164 Å². The number of nitrogens with one attached hydrogen (secondary N) is 1. The van der Waals surface area contributed by atoms with Crippen molar-refractivity contribution in [2.24, 2.45) is 0 Å². The van der Waals surface area contributed by atoms with E-state index in [0.717, 1.165) is 5.56 Å². The van der Waals surface area contributed by atoms with E-state index in [1.807, 2.05) is 12.1 Å². The molecule has 2 aromatic heterocycles. The van der Waals surface area contributed by atoms with Crippen molar-refractivity contribution in [3.05, 3.63) is 51.7 Å². The molecule has 1 unspecified atom stereocenters. The summed E-state index contributed by atoms with van der Waals surface area (Å²) in [5.41, 5.74) is 1.33. The molecule has 0 aliphatic heterocycles. The summed E-state index contributed by atoms with van der Waals surface area (Å²) in [7, 11) is 0. The Morgan fingerprint density at radius 1 is 1.30 bits per heavy atom. The first-order valence-corrected chi connectivity index (χ1v) is 9.21. The molecule has 0 fully saturated rings. The lowest BCUT2D eigenvalue weighted by Crippen LogP contribution is -2.30. The Morgan fingerprint density at radius 3 is 2.74 bits per heavy atom. The molecule has 0 saturated carbocycles. The zero-order valence-electron chi connectivity index (χ0n) is 14.8. The largest absolute Gasteiger partial charge is 0.448 e. The maximum Gasteiger partial charge on any atom is 0.351 e. The highest BCUT2D eigenvalue weighted by molar-refractivity contribution is 7.17. The average Bonchev–Trinajstić information content (AvgIpc) is 3.20. The van der Waals surface area contributed by atoms with Crippen molar-refractivity contribution in [1.29, 1.82) is 0 Å². The topological polar surface area (TPSA) is 94.3 Å². The lowest BCUT2D eigenvalue weighted by Gasteiger charge is -2.11. The minimum absolute atomic E-state index is 0.262. The van der Waals surface area contributed by atoms with Gasteiger partial charge >= 0.3 is 5.97 Å². The van der Waals surface area contributed by atoms with E-state index >= 15 is 0 Å². The lowest BCUT2D eigenvalue weighted by atomic mass is 10.2. The molecule has 0 aliphatic rings. The van der Waals surface area contributed by atoms with Crippen LogP contribution in [0.1, 0.15) is 28.0 Å². The molecule has 0 spiro atoms. The molecule has 0 radical (unpaired) electrons. The van der Waals surface area contributed by atoms with Crippen LogP contribution >= 0.6 is 22.9 Å². The highest BCUT2D eigenvalue weighted by Gasteiger charge is 2.23. The Hall–Kier alpha value is -2.71. The minimum atomic E-state index is -1.01. The van der Waals surface area contributed by atoms with E-state index in [4.69, 9.17) is 20.9 Å². The molecule has 140 valence electrons. The fourth-order valence-electron chi connectivity index (χ4n) is 2.25.